The van der Waals surface area contributed by atoms with Crippen LogP contribution in [-0.4, -0.2) is 15.7 Å². The van der Waals surface area contributed by atoms with Gasteiger partial charge in [0.05, 0.1) is 16.2 Å². The van der Waals surface area contributed by atoms with Crippen molar-refractivity contribution in [3.8, 4) is 0 Å². The first-order valence-electron chi connectivity index (χ1n) is 4.82. The largest absolute Gasteiger partial charge is 0.307 e. The molecular formula is C11H9Cl2N3O. The van der Waals surface area contributed by atoms with Gasteiger partial charge in [-0.25, -0.2) is 0 Å². The fraction of sp³-hybridized carbons (Fsp3) is 0.0909. The average molecular weight is 270 g/mol. The summed E-state index contributed by atoms with van der Waals surface area (Å²) in [5, 5.41) is 7.43. The lowest BCUT2D eigenvalue weighted by Crippen LogP contribution is -2.14. The first-order chi connectivity index (χ1) is 8.08. The van der Waals surface area contributed by atoms with Gasteiger partial charge in [-0.3, -0.25) is 9.48 Å². The molecule has 17 heavy (non-hydrogen) atoms. The number of aryl methyl sites for hydroxylation is 1. The van der Waals surface area contributed by atoms with Crippen molar-refractivity contribution in [1.29, 1.82) is 0 Å². The molecule has 1 N–H and O–H groups in total. The normalized spacial score (nSPS) is 10.3. The Balaban J connectivity index is 2.20. The van der Waals surface area contributed by atoms with Crippen molar-refractivity contribution in [1.82, 2.24) is 9.78 Å². The maximum atomic E-state index is 11.9. The van der Waals surface area contributed by atoms with Crippen LogP contribution < -0.4 is 5.32 Å². The van der Waals surface area contributed by atoms with E-state index in [2.05, 4.69) is 10.4 Å². The summed E-state index contributed by atoms with van der Waals surface area (Å²) in [6.07, 6.45) is 1.60. The van der Waals surface area contributed by atoms with Gasteiger partial charge in [0.25, 0.3) is 5.91 Å². The van der Waals surface area contributed by atoms with Crippen LogP contribution in [0.5, 0.6) is 0 Å². The average Bonchev–Trinajstić information content (AvgIpc) is 2.68. The number of rotatable bonds is 2. The van der Waals surface area contributed by atoms with Gasteiger partial charge in [-0.05, 0) is 18.2 Å². The molecule has 0 saturated heterocycles. The van der Waals surface area contributed by atoms with Crippen LogP contribution >= 0.6 is 23.2 Å². The zero-order valence-corrected chi connectivity index (χ0v) is 10.5. The Hall–Kier alpha value is -1.52. The third kappa shape index (κ3) is 2.60. The lowest BCUT2D eigenvalue weighted by molar-refractivity contribution is 0.102. The van der Waals surface area contributed by atoms with E-state index in [-0.39, 0.29) is 5.91 Å². The number of carbonyl (C=O) groups excluding carboxylic acids is 1. The van der Waals surface area contributed by atoms with E-state index in [9.17, 15) is 4.79 Å². The number of anilines is 1. The van der Waals surface area contributed by atoms with Crippen LogP contribution in [0.15, 0.2) is 30.5 Å². The molecule has 1 aromatic carbocycles. The molecule has 88 valence electrons. The van der Waals surface area contributed by atoms with E-state index in [0.717, 1.165) is 0 Å². The molecule has 0 fully saturated rings. The van der Waals surface area contributed by atoms with E-state index < -0.39 is 0 Å². The number of hydrogen-bond acceptors (Lipinski definition) is 2. The SMILES string of the molecule is Cn1nccc1NC(=O)c1ccc(Cl)c(Cl)c1. The molecule has 1 aromatic heterocycles. The van der Waals surface area contributed by atoms with Gasteiger partial charge in [-0.2, -0.15) is 5.10 Å². The van der Waals surface area contributed by atoms with Crippen LogP contribution in [-0.2, 0) is 7.05 Å². The second kappa shape index (κ2) is 4.77. The summed E-state index contributed by atoms with van der Waals surface area (Å²) in [5.41, 5.74) is 0.445. The highest BCUT2D eigenvalue weighted by Gasteiger charge is 2.09. The van der Waals surface area contributed by atoms with Crippen molar-refractivity contribution in [3.05, 3.63) is 46.1 Å². The maximum absolute atomic E-state index is 11.9. The van der Waals surface area contributed by atoms with Gasteiger partial charge in [-0.15, -0.1) is 0 Å². The third-order valence-corrected chi connectivity index (χ3v) is 2.98. The number of nitrogens with one attached hydrogen (secondary N) is 1. The second-order valence-corrected chi connectivity index (χ2v) is 4.24. The van der Waals surface area contributed by atoms with Gasteiger partial charge in [-0.1, -0.05) is 23.2 Å². The van der Waals surface area contributed by atoms with Gasteiger partial charge >= 0.3 is 0 Å². The minimum Gasteiger partial charge on any atom is -0.307 e. The molecule has 6 heteroatoms. The lowest BCUT2D eigenvalue weighted by Gasteiger charge is -2.05. The fourth-order valence-electron chi connectivity index (χ4n) is 1.32. The molecule has 0 atom stereocenters. The van der Waals surface area contributed by atoms with E-state index in [1.54, 1.807) is 36.1 Å². The Bertz CT molecular complexity index is 566. The molecule has 0 aliphatic heterocycles. The van der Waals surface area contributed by atoms with Gasteiger partial charge in [0.1, 0.15) is 5.82 Å². The standard InChI is InChI=1S/C11H9Cl2N3O/c1-16-10(4-5-14-16)15-11(17)7-2-3-8(12)9(13)6-7/h2-6H,1H3,(H,15,17). The quantitative estimate of drug-likeness (QED) is 0.911. The topological polar surface area (TPSA) is 46.9 Å². The summed E-state index contributed by atoms with van der Waals surface area (Å²) in [6, 6.07) is 6.42. The molecule has 2 aromatic rings. The molecule has 2 rings (SSSR count). The summed E-state index contributed by atoms with van der Waals surface area (Å²) >= 11 is 11.6. The Morgan fingerprint density at radius 2 is 2.06 bits per heavy atom. The molecule has 0 unspecified atom stereocenters. The van der Waals surface area contributed by atoms with E-state index in [1.165, 1.54) is 6.07 Å². The molecule has 4 nitrogen and oxygen atoms in total. The predicted octanol–water partition coefficient (Wildman–Crippen LogP) is 2.98. The van der Waals surface area contributed by atoms with Crippen molar-refractivity contribution in [3.63, 3.8) is 0 Å². The zero-order valence-electron chi connectivity index (χ0n) is 8.95. The predicted molar refractivity (Wildman–Crippen MR) is 67.6 cm³/mol. The van der Waals surface area contributed by atoms with Crippen LogP contribution in [0.25, 0.3) is 0 Å². The number of benzene rings is 1. The zero-order chi connectivity index (χ0) is 12.4. The number of aromatic nitrogens is 2. The summed E-state index contributed by atoms with van der Waals surface area (Å²) < 4.78 is 1.56. The van der Waals surface area contributed by atoms with Gasteiger partial charge in [0.2, 0.25) is 0 Å². The highest BCUT2D eigenvalue weighted by molar-refractivity contribution is 6.42. The Morgan fingerprint density at radius 3 is 2.65 bits per heavy atom. The molecular weight excluding hydrogens is 261 g/mol. The smallest absolute Gasteiger partial charge is 0.256 e. The van der Waals surface area contributed by atoms with Gasteiger partial charge < -0.3 is 5.32 Å². The maximum Gasteiger partial charge on any atom is 0.256 e. The monoisotopic (exact) mass is 269 g/mol. The Morgan fingerprint density at radius 1 is 1.29 bits per heavy atom. The van der Waals surface area contributed by atoms with Crippen LogP contribution in [0.4, 0.5) is 5.82 Å². The molecule has 0 spiro atoms. The number of carbonyl (C=O) groups is 1. The van der Waals surface area contributed by atoms with Crippen LogP contribution in [0, 0.1) is 0 Å². The Labute approximate surface area is 108 Å². The minimum atomic E-state index is -0.257. The minimum absolute atomic E-state index is 0.257. The number of amides is 1. The molecule has 0 bridgehead atoms. The van der Waals surface area contributed by atoms with Crippen molar-refractivity contribution >= 4 is 34.9 Å². The first kappa shape index (κ1) is 12.0. The van der Waals surface area contributed by atoms with Crippen LogP contribution in [0.1, 0.15) is 10.4 Å². The van der Waals surface area contributed by atoms with Gasteiger partial charge in [0, 0.05) is 18.7 Å². The van der Waals surface area contributed by atoms with Crippen LogP contribution in [0.2, 0.25) is 10.0 Å². The molecule has 1 heterocycles. The molecule has 0 saturated carbocycles. The number of nitrogens with zero attached hydrogens (tertiary/aromatic N) is 2. The van der Waals surface area contributed by atoms with Crippen molar-refractivity contribution in [2.24, 2.45) is 7.05 Å². The van der Waals surface area contributed by atoms with E-state index >= 15 is 0 Å². The summed E-state index contributed by atoms with van der Waals surface area (Å²) in [5.74, 6) is 0.355. The van der Waals surface area contributed by atoms with E-state index in [1.807, 2.05) is 0 Å². The Kier molecular flexibility index (Phi) is 3.36. The fourth-order valence-corrected chi connectivity index (χ4v) is 1.62. The summed E-state index contributed by atoms with van der Waals surface area (Å²) in [6.45, 7) is 0. The first-order valence-corrected chi connectivity index (χ1v) is 5.58. The van der Waals surface area contributed by atoms with Crippen LogP contribution in [0.3, 0.4) is 0 Å². The molecule has 0 aliphatic rings. The van der Waals surface area contributed by atoms with Crippen molar-refractivity contribution in [2.75, 3.05) is 5.32 Å². The molecule has 1 amide bonds. The highest BCUT2D eigenvalue weighted by Crippen LogP contribution is 2.23. The third-order valence-electron chi connectivity index (χ3n) is 2.24. The van der Waals surface area contributed by atoms with Crippen molar-refractivity contribution < 1.29 is 4.79 Å². The molecule has 0 radical (unpaired) electrons. The summed E-state index contributed by atoms with van der Waals surface area (Å²) in [7, 11) is 1.74. The van der Waals surface area contributed by atoms with E-state index in [4.69, 9.17) is 23.2 Å². The summed E-state index contributed by atoms with van der Waals surface area (Å²) in [4.78, 5) is 11.9. The molecule has 0 aliphatic carbocycles. The van der Waals surface area contributed by atoms with Crippen molar-refractivity contribution in [2.45, 2.75) is 0 Å². The number of halogens is 2. The van der Waals surface area contributed by atoms with E-state index in [0.29, 0.717) is 21.4 Å². The number of hydrogen-bond donors (Lipinski definition) is 1. The second-order valence-electron chi connectivity index (χ2n) is 3.42. The highest BCUT2D eigenvalue weighted by atomic mass is 35.5. The lowest BCUT2D eigenvalue weighted by atomic mass is 10.2. The van der Waals surface area contributed by atoms with Gasteiger partial charge in [0.15, 0.2) is 0 Å².